The lowest BCUT2D eigenvalue weighted by atomic mass is 10.0. The lowest BCUT2D eigenvalue weighted by Crippen LogP contribution is -2.44. The Hall–Kier alpha value is -2.76. The van der Waals surface area contributed by atoms with E-state index in [0.717, 1.165) is 5.56 Å². The highest BCUT2D eigenvalue weighted by atomic mass is 16.3. The van der Waals surface area contributed by atoms with Crippen molar-refractivity contribution in [3.63, 3.8) is 0 Å². The van der Waals surface area contributed by atoms with Crippen molar-refractivity contribution in [2.45, 2.75) is 12.1 Å². The fraction of sp³-hybridized carbons (Fsp3) is 0.200. The molecule has 2 atom stereocenters. The molecule has 0 bridgehead atoms. The number of hydrogen-bond acceptors (Lipinski definition) is 3. The molecule has 108 valence electrons. The number of furan rings is 1. The molecule has 0 aliphatic carbocycles. The minimum Gasteiger partial charge on any atom is -0.467 e. The Morgan fingerprint density at radius 1 is 1.24 bits per heavy atom. The molecule has 0 radical (unpaired) electrons. The molecule has 3 amide bonds. The first-order valence-corrected chi connectivity index (χ1v) is 6.67. The van der Waals surface area contributed by atoms with Gasteiger partial charge in [0.25, 0.3) is 0 Å². The van der Waals surface area contributed by atoms with Gasteiger partial charge in [-0.2, -0.15) is 0 Å². The first-order chi connectivity index (χ1) is 10.2. The van der Waals surface area contributed by atoms with Gasteiger partial charge in [0.15, 0.2) is 0 Å². The van der Waals surface area contributed by atoms with Crippen LogP contribution in [0, 0.1) is 0 Å². The first kappa shape index (κ1) is 13.2. The zero-order valence-electron chi connectivity index (χ0n) is 11.2. The Kier molecular flexibility index (Phi) is 3.59. The highest BCUT2D eigenvalue weighted by Crippen LogP contribution is 2.22. The second-order valence-corrected chi connectivity index (χ2v) is 4.77. The molecule has 0 spiro atoms. The van der Waals surface area contributed by atoms with Gasteiger partial charge in [0.05, 0.1) is 6.26 Å². The monoisotopic (exact) mass is 285 g/mol. The lowest BCUT2D eigenvalue weighted by molar-refractivity contribution is -0.123. The molecule has 0 unspecified atom stereocenters. The van der Waals surface area contributed by atoms with Crippen LogP contribution in [0.3, 0.4) is 0 Å². The number of carbonyl (C=O) groups excluding carboxylic acids is 2. The third kappa shape index (κ3) is 2.89. The second-order valence-electron chi connectivity index (χ2n) is 4.77. The van der Waals surface area contributed by atoms with Gasteiger partial charge in [-0.25, -0.2) is 4.79 Å². The Bertz CT molecular complexity index is 625. The zero-order chi connectivity index (χ0) is 14.7. The van der Waals surface area contributed by atoms with E-state index in [2.05, 4.69) is 16.0 Å². The van der Waals surface area contributed by atoms with E-state index in [-0.39, 0.29) is 24.5 Å². The number of hydrogen-bond donors (Lipinski definition) is 3. The highest BCUT2D eigenvalue weighted by Gasteiger charge is 2.29. The molecule has 1 aliphatic heterocycles. The molecule has 1 aromatic heterocycles. The Morgan fingerprint density at radius 3 is 2.67 bits per heavy atom. The molecular weight excluding hydrogens is 270 g/mol. The van der Waals surface area contributed by atoms with Crippen LogP contribution in [0.2, 0.25) is 0 Å². The molecule has 0 saturated carbocycles. The summed E-state index contributed by atoms with van der Waals surface area (Å²) in [6.45, 7) is 0.282. The summed E-state index contributed by atoms with van der Waals surface area (Å²) in [6, 6.07) is 11.8. The van der Waals surface area contributed by atoms with Gasteiger partial charge in [-0.1, -0.05) is 30.3 Å². The average Bonchev–Trinajstić information content (AvgIpc) is 3.17. The fourth-order valence-electron chi connectivity index (χ4n) is 2.28. The Morgan fingerprint density at radius 2 is 2.05 bits per heavy atom. The molecule has 1 fully saturated rings. The van der Waals surface area contributed by atoms with E-state index in [1.165, 1.54) is 0 Å². The van der Waals surface area contributed by atoms with Crippen LogP contribution in [0.4, 0.5) is 4.79 Å². The Balaban J connectivity index is 1.80. The summed E-state index contributed by atoms with van der Waals surface area (Å²) in [4.78, 5) is 23.4. The molecule has 1 aromatic carbocycles. The normalized spacial score (nSPS) is 18.7. The van der Waals surface area contributed by atoms with Gasteiger partial charge < -0.3 is 20.4 Å². The number of nitrogens with one attached hydrogen (secondary N) is 3. The zero-order valence-corrected chi connectivity index (χ0v) is 11.2. The van der Waals surface area contributed by atoms with Crippen LogP contribution >= 0.6 is 0 Å². The van der Waals surface area contributed by atoms with Crippen molar-refractivity contribution in [1.82, 2.24) is 16.0 Å². The van der Waals surface area contributed by atoms with Crippen molar-refractivity contribution < 1.29 is 14.0 Å². The lowest BCUT2D eigenvalue weighted by Gasteiger charge is -2.19. The van der Waals surface area contributed by atoms with Crippen molar-refractivity contribution in [1.29, 1.82) is 0 Å². The second kappa shape index (κ2) is 5.70. The summed E-state index contributed by atoms with van der Waals surface area (Å²) >= 11 is 0. The van der Waals surface area contributed by atoms with Gasteiger partial charge >= 0.3 is 6.03 Å². The minimum atomic E-state index is -0.571. The number of benzene rings is 1. The molecule has 3 N–H and O–H groups in total. The molecule has 6 heteroatoms. The number of carbonyl (C=O) groups is 2. The standard InChI is InChI=1S/C15H15N3O3/c19-14(11-9-16-15(20)17-11)18-13(12-7-4-8-21-12)10-5-2-1-3-6-10/h1-8,11,13H,9H2,(H,18,19)(H2,16,17,20)/t11-,13-/m1/s1. The van der Waals surface area contributed by atoms with E-state index in [4.69, 9.17) is 4.42 Å². The van der Waals surface area contributed by atoms with Crippen molar-refractivity contribution in [2.75, 3.05) is 6.54 Å². The predicted molar refractivity (Wildman–Crippen MR) is 75.5 cm³/mol. The molecule has 1 aliphatic rings. The van der Waals surface area contributed by atoms with Crippen molar-refractivity contribution in [3.05, 3.63) is 60.1 Å². The maximum Gasteiger partial charge on any atom is 0.315 e. The molecule has 2 aromatic rings. The summed E-state index contributed by atoms with van der Waals surface area (Å²) in [7, 11) is 0. The van der Waals surface area contributed by atoms with Crippen LogP contribution in [0.5, 0.6) is 0 Å². The number of amides is 3. The number of urea groups is 1. The van der Waals surface area contributed by atoms with Crippen LogP contribution in [0.25, 0.3) is 0 Å². The highest BCUT2D eigenvalue weighted by molar-refractivity contribution is 5.90. The summed E-state index contributed by atoms with van der Waals surface area (Å²) in [6.07, 6.45) is 1.57. The van der Waals surface area contributed by atoms with E-state index in [1.807, 2.05) is 36.4 Å². The van der Waals surface area contributed by atoms with Crippen molar-refractivity contribution in [3.8, 4) is 0 Å². The van der Waals surface area contributed by atoms with Gasteiger partial charge in [-0.3, -0.25) is 4.79 Å². The summed E-state index contributed by atoms with van der Waals surface area (Å²) < 4.78 is 5.42. The SMILES string of the molecule is O=C1NC[C@H](C(=O)N[C@H](c2ccccc2)c2ccco2)N1. The molecular formula is C15H15N3O3. The van der Waals surface area contributed by atoms with Crippen LogP contribution in [-0.4, -0.2) is 24.5 Å². The van der Waals surface area contributed by atoms with E-state index in [9.17, 15) is 9.59 Å². The molecule has 1 saturated heterocycles. The maximum atomic E-state index is 12.3. The predicted octanol–water partition coefficient (Wildman–Crippen LogP) is 1.17. The summed E-state index contributed by atoms with van der Waals surface area (Å²) in [5.41, 5.74) is 0.915. The third-order valence-corrected chi connectivity index (χ3v) is 3.34. The maximum absolute atomic E-state index is 12.3. The van der Waals surface area contributed by atoms with Crippen LogP contribution in [-0.2, 0) is 4.79 Å². The van der Waals surface area contributed by atoms with Crippen molar-refractivity contribution >= 4 is 11.9 Å². The van der Waals surface area contributed by atoms with Gasteiger partial charge in [0.1, 0.15) is 17.8 Å². The molecule has 21 heavy (non-hydrogen) atoms. The topological polar surface area (TPSA) is 83.4 Å². The van der Waals surface area contributed by atoms with Gasteiger partial charge in [-0.15, -0.1) is 0 Å². The number of rotatable bonds is 4. The van der Waals surface area contributed by atoms with Gasteiger partial charge in [0.2, 0.25) is 5.91 Å². The fourth-order valence-corrected chi connectivity index (χ4v) is 2.28. The van der Waals surface area contributed by atoms with E-state index in [1.54, 1.807) is 12.3 Å². The van der Waals surface area contributed by atoms with Crippen molar-refractivity contribution in [2.24, 2.45) is 0 Å². The molecule has 6 nitrogen and oxygen atoms in total. The summed E-state index contributed by atoms with van der Waals surface area (Å²) in [5, 5.41) is 8.04. The van der Waals surface area contributed by atoms with Gasteiger partial charge in [0, 0.05) is 6.54 Å². The smallest absolute Gasteiger partial charge is 0.315 e. The van der Waals surface area contributed by atoms with Gasteiger partial charge in [-0.05, 0) is 17.7 Å². The Labute approximate surface area is 121 Å². The third-order valence-electron chi connectivity index (χ3n) is 3.34. The quantitative estimate of drug-likeness (QED) is 0.788. The summed E-state index contributed by atoms with van der Waals surface area (Å²) in [5.74, 6) is 0.394. The largest absolute Gasteiger partial charge is 0.467 e. The minimum absolute atomic E-state index is 0.251. The molecule has 3 rings (SSSR count). The van der Waals surface area contributed by atoms with Crippen LogP contribution in [0.15, 0.2) is 53.1 Å². The first-order valence-electron chi connectivity index (χ1n) is 6.67. The van der Waals surface area contributed by atoms with E-state index >= 15 is 0 Å². The van der Waals surface area contributed by atoms with E-state index < -0.39 is 6.04 Å². The molecule has 2 heterocycles. The van der Waals surface area contributed by atoms with Crippen LogP contribution in [0.1, 0.15) is 17.4 Å². The van der Waals surface area contributed by atoms with E-state index in [0.29, 0.717) is 5.76 Å². The van der Waals surface area contributed by atoms with Crippen LogP contribution < -0.4 is 16.0 Å². The average molecular weight is 285 g/mol.